The van der Waals surface area contributed by atoms with Gasteiger partial charge in [0.05, 0.1) is 6.10 Å². The van der Waals surface area contributed by atoms with E-state index in [0.29, 0.717) is 6.10 Å². The van der Waals surface area contributed by atoms with Gasteiger partial charge in [0.1, 0.15) is 0 Å². The molecular formula is C18H37N3O3. The fourth-order valence-electron chi connectivity index (χ4n) is 2.74. The number of guanidine groups is 1. The van der Waals surface area contributed by atoms with Crippen LogP contribution in [0.5, 0.6) is 0 Å². The molecule has 0 radical (unpaired) electrons. The van der Waals surface area contributed by atoms with Gasteiger partial charge < -0.3 is 24.4 Å². The molecule has 1 fully saturated rings. The summed E-state index contributed by atoms with van der Waals surface area (Å²) < 4.78 is 16.5. The standard InChI is InChI=1S/C18H37N3O3/c1-4-5-14-23-15-6-10-20-18(19-2)21-11-8-17(9-12-21)24-16-7-13-22-3/h17H,4-16H2,1-3H3,(H,19,20). The van der Waals surface area contributed by atoms with Crippen LogP contribution in [0, 0.1) is 0 Å². The number of nitrogens with one attached hydrogen (secondary N) is 1. The van der Waals surface area contributed by atoms with Crippen molar-refractivity contribution >= 4 is 5.96 Å². The summed E-state index contributed by atoms with van der Waals surface area (Å²) in [5.41, 5.74) is 0. The first kappa shape index (κ1) is 21.2. The lowest BCUT2D eigenvalue weighted by atomic mass is 10.1. The summed E-state index contributed by atoms with van der Waals surface area (Å²) in [6, 6.07) is 0. The Balaban J connectivity index is 2.10. The number of ether oxygens (including phenoxy) is 3. The summed E-state index contributed by atoms with van der Waals surface area (Å²) in [4.78, 5) is 6.73. The van der Waals surface area contributed by atoms with Gasteiger partial charge in [0.2, 0.25) is 0 Å². The topological polar surface area (TPSA) is 55.3 Å². The van der Waals surface area contributed by atoms with Gasteiger partial charge >= 0.3 is 0 Å². The van der Waals surface area contributed by atoms with E-state index < -0.39 is 0 Å². The highest BCUT2D eigenvalue weighted by molar-refractivity contribution is 5.79. The fraction of sp³-hybridized carbons (Fsp3) is 0.944. The number of methoxy groups -OCH3 is 1. The second kappa shape index (κ2) is 14.5. The van der Waals surface area contributed by atoms with Crippen LogP contribution in [0.15, 0.2) is 4.99 Å². The maximum atomic E-state index is 5.91. The number of hydrogen-bond acceptors (Lipinski definition) is 4. The van der Waals surface area contributed by atoms with Crippen molar-refractivity contribution < 1.29 is 14.2 Å². The molecule has 0 unspecified atom stereocenters. The number of unbranched alkanes of at least 4 members (excludes halogenated alkanes) is 1. The average molecular weight is 344 g/mol. The number of nitrogens with zero attached hydrogens (tertiary/aromatic N) is 2. The Hall–Kier alpha value is -0.850. The van der Waals surface area contributed by atoms with Crippen molar-refractivity contribution in [3.05, 3.63) is 0 Å². The summed E-state index contributed by atoms with van der Waals surface area (Å²) in [5, 5.41) is 3.44. The quantitative estimate of drug-likeness (QED) is 0.335. The molecule has 142 valence electrons. The smallest absolute Gasteiger partial charge is 0.193 e. The number of aliphatic imine (C=N–C) groups is 1. The summed E-state index contributed by atoms with van der Waals surface area (Å²) in [6.07, 6.45) is 6.83. The van der Waals surface area contributed by atoms with Gasteiger partial charge in [0.15, 0.2) is 5.96 Å². The first-order chi connectivity index (χ1) is 11.8. The third-order valence-corrected chi connectivity index (χ3v) is 4.19. The Morgan fingerprint density at radius 3 is 2.50 bits per heavy atom. The van der Waals surface area contributed by atoms with Crippen molar-refractivity contribution in [2.75, 3.05) is 60.2 Å². The molecule has 0 aromatic rings. The average Bonchev–Trinajstić information content (AvgIpc) is 2.62. The molecule has 1 N–H and O–H groups in total. The van der Waals surface area contributed by atoms with Crippen LogP contribution < -0.4 is 5.32 Å². The predicted octanol–water partition coefficient (Wildman–Crippen LogP) is 2.29. The van der Waals surface area contributed by atoms with Gasteiger partial charge in [0.25, 0.3) is 0 Å². The van der Waals surface area contributed by atoms with Crippen LogP contribution in [0.2, 0.25) is 0 Å². The van der Waals surface area contributed by atoms with Crippen LogP contribution >= 0.6 is 0 Å². The van der Waals surface area contributed by atoms with E-state index in [4.69, 9.17) is 14.2 Å². The van der Waals surface area contributed by atoms with E-state index >= 15 is 0 Å². The zero-order chi connectivity index (χ0) is 17.5. The van der Waals surface area contributed by atoms with Gasteiger partial charge in [-0.3, -0.25) is 4.99 Å². The molecule has 0 aromatic carbocycles. The summed E-state index contributed by atoms with van der Waals surface area (Å²) >= 11 is 0. The summed E-state index contributed by atoms with van der Waals surface area (Å²) in [5.74, 6) is 1.00. The van der Waals surface area contributed by atoms with Crippen LogP contribution in [0.1, 0.15) is 45.4 Å². The molecule has 0 bridgehead atoms. The van der Waals surface area contributed by atoms with Crippen LogP contribution in [-0.2, 0) is 14.2 Å². The normalized spacial score (nSPS) is 16.6. The monoisotopic (exact) mass is 343 g/mol. The minimum atomic E-state index is 0.378. The molecule has 24 heavy (non-hydrogen) atoms. The highest BCUT2D eigenvalue weighted by Crippen LogP contribution is 2.14. The highest BCUT2D eigenvalue weighted by atomic mass is 16.5. The molecule has 0 aromatic heterocycles. The molecule has 1 heterocycles. The van der Waals surface area contributed by atoms with Crippen molar-refractivity contribution in [3.63, 3.8) is 0 Å². The van der Waals surface area contributed by atoms with E-state index in [1.165, 1.54) is 6.42 Å². The lowest BCUT2D eigenvalue weighted by Crippen LogP contribution is -2.47. The van der Waals surface area contributed by atoms with Crippen LogP contribution in [-0.4, -0.2) is 77.2 Å². The molecule has 1 rings (SSSR count). The van der Waals surface area contributed by atoms with E-state index in [1.807, 2.05) is 7.05 Å². The van der Waals surface area contributed by atoms with E-state index in [-0.39, 0.29) is 0 Å². The molecule has 0 amide bonds. The third-order valence-electron chi connectivity index (χ3n) is 4.19. The minimum absolute atomic E-state index is 0.378. The molecule has 0 spiro atoms. The van der Waals surface area contributed by atoms with Crippen molar-refractivity contribution in [3.8, 4) is 0 Å². The van der Waals surface area contributed by atoms with Gasteiger partial charge in [-0.05, 0) is 32.1 Å². The van der Waals surface area contributed by atoms with Crippen LogP contribution in [0.4, 0.5) is 0 Å². The Morgan fingerprint density at radius 2 is 1.83 bits per heavy atom. The van der Waals surface area contributed by atoms with Gasteiger partial charge in [0, 0.05) is 60.2 Å². The fourth-order valence-corrected chi connectivity index (χ4v) is 2.74. The van der Waals surface area contributed by atoms with Gasteiger partial charge in [-0.2, -0.15) is 0 Å². The Kier molecular flexibility index (Phi) is 12.8. The van der Waals surface area contributed by atoms with E-state index in [9.17, 15) is 0 Å². The second-order valence-corrected chi connectivity index (χ2v) is 6.20. The maximum absolute atomic E-state index is 5.91. The van der Waals surface area contributed by atoms with Crippen LogP contribution in [0.3, 0.4) is 0 Å². The number of likely N-dealkylation sites (tertiary alicyclic amines) is 1. The highest BCUT2D eigenvalue weighted by Gasteiger charge is 2.21. The van der Waals surface area contributed by atoms with Crippen molar-refractivity contribution in [1.82, 2.24) is 10.2 Å². The lowest BCUT2D eigenvalue weighted by Gasteiger charge is -2.34. The maximum Gasteiger partial charge on any atom is 0.193 e. The largest absolute Gasteiger partial charge is 0.385 e. The number of hydrogen-bond donors (Lipinski definition) is 1. The summed E-state index contributed by atoms with van der Waals surface area (Å²) in [6.45, 7) is 8.36. The van der Waals surface area contributed by atoms with E-state index in [0.717, 1.165) is 84.1 Å². The third kappa shape index (κ3) is 9.45. The molecule has 1 saturated heterocycles. The molecule has 0 atom stereocenters. The molecule has 6 heteroatoms. The van der Waals surface area contributed by atoms with Crippen molar-refractivity contribution in [1.29, 1.82) is 0 Å². The molecule has 6 nitrogen and oxygen atoms in total. The Labute approximate surface area is 147 Å². The van der Waals surface area contributed by atoms with Crippen molar-refractivity contribution in [2.24, 2.45) is 4.99 Å². The SMILES string of the molecule is CCCCOCCCNC(=NC)N1CCC(OCCCOC)CC1. The predicted molar refractivity (Wildman–Crippen MR) is 98.7 cm³/mol. The van der Waals surface area contributed by atoms with E-state index in [1.54, 1.807) is 7.11 Å². The van der Waals surface area contributed by atoms with Crippen LogP contribution in [0.25, 0.3) is 0 Å². The molecule has 0 saturated carbocycles. The zero-order valence-corrected chi connectivity index (χ0v) is 15.9. The minimum Gasteiger partial charge on any atom is -0.385 e. The first-order valence-corrected chi connectivity index (χ1v) is 9.45. The molecule has 0 aliphatic carbocycles. The molecular weight excluding hydrogens is 306 g/mol. The summed E-state index contributed by atoms with van der Waals surface area (Å²) in [7, 11) is 3.59. The zero-order valence-electron chi connectivity index (χ0n) is 15.9. The number of rotatable bonds is 12. The Morgan fingerprint density at radius 1 is 1.08 bits per heavy atom. The second-order valence-electron chi connectivity index (χ2n) is 6.20. The number of piperidine rings is 1. The van der Waals surface area contributed by atoms with Crippen molar-refractivity contribution in [2.45, 2.75) is 51.6 Å². The van der Waals surface area contributed by atoms with Gasteiger partial charge in [-0.1, -0.05) is 13.3 Å². The lowest BCUT2D eigenvalue weighted by molar-refractivity contribution is 0.00990. The molecule has 1 aliphatic heterocycles. The van der Waals surface area contributed by atoms with E-state index in [2.05, 4.69) is 22.1 Å². The Bertz CT molecular complexity index is 319. The van der Waals surface area contributed by atoms with Gasteiger partial charge in [-0.15, -0.1) is 0 Å². The first-order valence-electron chi connectivity index (χ1n) is 9.45. The van der Waals surface area contributed by atoms with Gasteiger partial charge in [-0.25, -0.2) is 0 Å². The molecule has 1 aliphatic rings.